The summed E-state index contributed by atoms with van der Waals surface area (Å²) in [7, 11) is 8.09. The molecule has 12 aromatic carbocycles. The first-order valence-electron chi connectivity index (χ1n) is 46.1. The van der Waals surface area contributed by atoms with E-state index in [9.17, 15) is 79.0 Å². The number of benzene rings is 12. The molecule has 36 heteroatoms. The van der Waals surface area contributed by atoms with Crippen molar-refractivity contribution in [3.8, 4) is 34.5 Å². The van der Waals surface area contributed by atoms with E-state index in [1.54, 1.807) is 54.6 Å². The molecule has 0 spiro atoms. The van der Waals surface area contributed by atoms with Crippen molar-refractivity contribution in [2.24, 2.45) is 0 Å². The Morgan fingerprint density at radius 3 is 0.736 bits per heavy atom. The summed E-state index contributed by atoms with van der Waals surface area (Å²) in [5.74, 6) is 3.54. The Bertz CT molecular complexity index is 6160. The Balaban J connectivity index is 0.000000241. The molecule has 0 saturated heterocycles. The third kappa shape index (κ3) is 38.4. The summed E-state index contributed by atoms with van der Waals surface area (Å²) in [6.07, 6.45) is -26.2. The van der Waals surface area contributed by atoms with Crippen molar-refractivity contribution in [2.45, 2.75) is 183 Å². The van der Waals surface area contributed by atoms with E-state index in [1.165, 1.54) is 109 Å². The van der Waals surface area contributed by atoms with Gasteiger partial charge in [0.1, 0.15) is 34.5 Å². The van der Waals surface area contributed by atoms with Crippen molar-refractivity contribution < 1.29 is 136 Å². The minimum atomic E-state index is -4.40. The van der Waals surface area contributed by atoms with Gasteiger partial charge in [-0.15, -0.1) is 0 Å². The van der Waals surface area contributed by atoms with Crippen LogP contribution in [0.4, 0.5) is 79.0 Å². The zero-order chi connectivity index (χ0) is 110. The summed E-state index contributed by atoms with van der Waals surface area (Å²) >= 11 is 0. The minimum Gasteiger partial charge on any atom is -0.467 e. The maximum atomic E-state index is 13.5. The summed E-state index contributed by atoms with van der Waals surface area (Å²) in [5, 5.41) is 6.01. The molecule has 0 aromatic heterocycles. The molecule has 12 nitrogen and oxygen atoms in total. The van der Waals surface area contributed by atoms with E-state index >= 15 is 0 Å². The van der Waals surface area contributed by atoms with E-state index < -0.39 is 70.4 Å². The molecule has 0 fully saturated rings. The van der Waals surface area contributed by atoms with Gasteiger partial charge in [-0.25, -0.2) is 0 Å². The largest absolute Gasteiger partial charge is 0.467 e. The van der Waals surface area contributed by atoms with Gasteiger partial charge in [0.25, 0.3) is 0 Å². The van der Waals surface area contributed by atoms with Crippen LogP contribution in [0, 0.1) is 41.5 Å². The van der Waals surface area contributed by atoms with Gasteiger partial charge in [-0.05, 0) is 207 Å². The molecular formula is C112H128F18O12P6. The molecule has 0 bridgehead atoms. The Kier molecular flexibility index (Phi) is 47.2. The summed E-state index contributed by atoms with van der Waals surface area (Å²) in [6, 6.07) is 60.7. The maximum absolute atomic E-state index is 13.5. The van der Waals surface area contributed by atoms with Gasteiger partial charge in [0.05, 0.1) is 33.4 Å². The number of alkyl halides is 18. The first kappa shape index (κ1) is 125. The molecule has 0 N–H and O–H groups in total. The third-order valence-electron chi connectivity index (χ3n) is 21.7. The van der Waals surface area contributed by atoms with Crippen molar-refractivity contribution >= 4 is 115 Å². The normalized spacial score (nSPS) is 12.6. The van der Waals surface area contributed by atoms with E-state index in [0.717, 1.165) is 124 Å². The van der Waals surface area contributed by atoms with Gasteiger partial charge in [-0.3, -0.25) is 0 Å². The minimum absolute atomic E-state index is 0.0380. The monoisotopic (exact) mass is 2190 g/mol. The molecule has 6 atom stereocenters. The van der Waals surface area contributed by atoms with Crippen LogP contribution in [0.5, 0.6) is 34.5 Å². The van der Waals surface area contributed by atoms with E-state index in [2.05, 4.69) is 89.2 Å². The van der Waals surface area contributed by atoms with Crippen LogP contribution in [0.1, 0.15) is 172 Å². The van der Waals surface area contributed by atoms with Crippen LogP contribution in [0.2, 0.25) is 0 Å². The fourth-order valence-electron chi connectivity index (χ4n) is 14.6. The van der Waals surface area contributed by atoms with Crippen LogP contribution in [0.3, 0.4) is 0 Å². The number of rotatable bonds is 30. The Morgan fingerprint density at radius 2 is 0.426 bits per heavy atom. The lowest BCUT2D eigenvalue weighted by Crippen LogP contribution is -2.24. The van der Waals surface area contributed by atoms with Crippen LogP contribution < -0.4 is 92.1 Å². The molecule has 0 amide bonds. The van der Waals surface area contributed by atoms with E-state index in [-0.39, 0.29) is 146 Å². The van der Waals surface area contributed by atoms with E-state index in [1.807, 2.05) is 108 Å². The maximum Gasteiger partial charge on any atom is 0.417 e. The van der Waals surface area contributed by atoms with Crippen molar-refractivity contribution in [3.63, 3.8) is 0 Å². The molecule has 12 rings (SSSR count). The summed E-state index contributed by atoms with van der Waals surface area (Å²) in [4.78, 5) is 0. The van der Waals surface area contributed by atoms with Crippen LogP contribution in [0.25, 0.3) is 0 Å². The van der Waals surface area contributed by atoms with Gasteiger partial charge in [-0.2, -0.15) is 79.0 Å². The topological polar surface area (TPSA) is 111 Å². The lowest BCUT2D eigenvalue weighted by molar-refractivity contribution is -0.137. The van der Waals surface area contributed by atoms with Crippen molar-refractivity contribution in [1.29, 1.82) is 0 Å². The van der Waals surface area contributed by atoms with Crippen molar-refractivity contribution in [2.75, 3.05) is 83.4 Å². The molecule has 0 aliphatic heterocycles. The second kappa shape index (κ2) is 55.7. The standard InChI is InChI=1S/C23H30F3O2P.2C20H24F3O2P.C17H18F3O2P.2C16H16F3O2P/c1-21(2,3)15-12-17(22(4,5)6)20(28-14-27-7)19(13-15)29-18-11-9-8-10-16(18)23(24,25)26;1-13-10-14(19(2,3)4)11-17(18(13)25-12-24-5)26-16-9-7-6-8-15(16)20(21,22)23;1-13-10-15(19(2,3)4)18(25-12-24-5)17(11-13)26-16-9-7-6-8-14(16)20(21,22)23;1-11-8-12(2)16(22-10-21-3)15(9-11)23-14-7-5-4-6-13(14)17(18,19)20;1-11-6-5-9-14(15(11)21-10-20-2)22-13-8-4-3-7-12(13)16(17,18)19;1-11-7-8-13(21-10-20-2)15(9-11)22-14-6-4-3-5-12(14)16(17,18)19/h8-13,29H,14H2,1-7H3;2*6-11,26H,12H2,1-5H3;4-9,23H,10H2,1-3H3;2*3-9,22H,10H2,1-2H3. The first-order chi connectivity index (χ1) is 69.0. The zero-order valence-electron chi connectivity index (χ0n) is 86.9. The van der Waals surface area contributed by atoms with Crippen LogP contribution >= 0.6 is 51.5 Å². The molecule has 0 aliphatic rings. The molecule has 0 radical (unpaired) electrons. The van der Waals surface area contributed by atoms with Gasteiger partial charge in [0.2, 0.25) is 0 Å². The fraction of sp³-hybridized carbons (Fsp3) is 0.357. The van der Waals surface area contributed by atoms with E-state index in [4.69, 9.17) is 56.8 Å². The summed E-state index contributed by atoms with van der Waals surface area (Å²) in [5.41, 5.74) is 5.31. The molecule has 0 saturated carbocycles. The Morgan fingerprint density at radius 1 is 0.189 bits per heavy atom. The number of para-hydroxylation sites is 1. The number of hydrogen-bond acceptors (Lipinski definition) is 12. The van der Waals surface area contributed by atoms with Crippen molar-refractivity contribution in [3.05, 3.63) is 320 Å². The highest BCUT2D eigenvalue weighted by atomic mass is 31.1. The summed E-state index contributed by atoms with van der Waals surface area (Å²) < 4.78 is 302. The van der Waals surface area contributed by atoms with Crippen LogP contribution in [-0.2, 0) is 87.1 Å². The zero-order valence-corrected chi connectivity index (χ0v) is 92.9. The highest BCUT2D eigenvalue weighted by molar-refractivity contribution is 7.57. The van der Waals surface area contributed by atoms with Gasteiger partial charge >= 0.3 is 37.1 Å². The number of aryl methyl sites for hydroxylation is 6. The van der Waals surface area contributed by atoms with Crippen LogP contribution in [-0.4, -0.2) is 83.4 Å². The lowest BCUT2D eigenvalue weighted by Gasteiger charge is -2.29. The van der Waals surface area contributed by atoms with Gasteiger partial charge < -0.3 is 56.8 Å². The highest BCUT2D eigenvalue weighted by Crippen LogP contribution is 2.44. The van der Waals surface area contributed by atoms with Gasteiger partial charge in [0, 0.05) is 85.6 Å². The lowest BCUT2D eigenvalue weighted by atomic mass is 9.80. The number of hydrogen-bond donors (Lipinski definition) is 0. The number of ether oxygens (including phenoxy) is 12. The van der Waals surface area contributed by atoms with Gasteiger partial charge in [0.15, 0.2) is 40.8 Å². The molecule has 804 valence electrons. The average Bonchev–Trinajstić information content (AvgIpc) is 0.771. The second-order valence-corrected chi connectivity index (χ2v) is 45.9. The highest BCUT2D eigenvalue weighted by Gasteiger charge is 2.40. The smallest absolute Gasteiger partial charge is 0.417 e. The molecular weight excluding hydrogens is 2070 g/mol. The second-order valence-electron chi connectivity index (χ2n) is 38.0. The molecule has 0 heterocycles. The fourth-order valence-corrected chi connectivity index (χ4v) is 23.2. The SMILES string of the molecule is COCOc1c(C)cc(C(C)(C)C)cc1Pc1ccccc1C(F)(F)F.COCOc1c(C)cc(C)cc1Pc1ccccc1C(F)(F)F.COCOc1c(C)cccc1Pc1ccccc1C(F)(F)F.COCOc1c(Pc2ccccc2C(F)(F)F)cc(C(C)(C)C)cc1C(C)(C)C.COCOc1c(Pc2ccccc2C(F)(F)F)cc(C)cc1C(C)(C)C.COCOc1ccc(C)cc1Pc1ccccc1C(F)(F)F. The first-order valence-corrected chi connectivity index (χ1v) is 52.1. The van der Waals surface area contributed by atoms with Crippen molar-refractivity contribution in [1.82, 2.24) is 0 Å². The average molecular weight is 2190 g/mol. The van der Waals surface area contributed by atoms with Crippen LogP contribution in [0.15, 0.2) is 231 Å². The molecule has 12 aromatic rings. The Hall–Kier alpha value is -9.48. The molecule has 6 unspecified atom stereocenters. The van der Waals surface area contributed by atoms with E-state index in [0.29, 0.717) is 34.5 Å². The Labute approximate surface area is 867 Å². The predicted molar refractivity (Wildman–Crippen MR) is 571 cm³/mol. The predicted octanol–water partition coefficient (Wildman–Crippen LogP) is 26.9. The third-order valence-corrected chi connectivity index (χ3v) is 29.8. The van der Waals surface area contributed by atoms with Gasteiger partial charge in [-0.1, -0.05) is 298 Å². The summed E-state index contributed by atoms with van der Waals surface area (Å²) in [6.45, 7) is 36.6. The molecule has 0 aliphatic carbocycles. The quantitative estimate of drug-likeness (QED) is 0.0243. The molecule has 148 heavy (non-hydrogen) atoms. The number of halogens is 18. The number of methoxy groups -OCH3 is 6.